The Labute approximate surface area is 75.3 Å². The predicted molar refractivity (Wildman–Crippen MR) is 42.4 cm³/mol. The fourth-order valence-electron chi connectivity index (χ4n) is 1.47. The molecule has 0 saturated carbocycles. The van der Waals surface area contributed by atoms with Gasteiger partial charge in [0.25, 0.3) is 0 Å². The van der Waals surface area contributed by atoms with Crippen molar-refractivity contribution < 1.29 is 24.5 Å². The van der Waals surface area contributed by atoms with Crippen molar-refractivity contribution in [3.63, 3.8) is 0 Å². The summed E-state index contributed by atoms with van der Waals surface area (Å²) >= 11 is 0. The molecule has 0 bridgehead atoms. The first kappa shape index (κ1) is 9.98. The van der Waals surface area contributed by atoms with Gasteiger partial charge in [-0.05, 0) is 12.8 Å². The van der Waals surface area contributed by atoms with Crippen molar-refractivity contribution >= 4 is 11.9 Å². The molecule has 1 rings (SSSR count). The Morgan fingerprint density at radius 3 is 1.77 bits per heavy atom. The first-order chi connectivity index (χ1) is 6.08. The smallest absolute Gasteiger partial charge is 0.305 e. The molecular formula is C8H12O5. The highest BCUT2D eigenvalue weighted by Crippen LogP contribution is 2.23. The van der Waals surface area contributed by atoms with E-state index in [9.17, 15) is 9.59 Å². The van der Waals surface area contributed by atoms with E-state index in [0.717, 1.165) is 0 Å². The third-order valence-electron chi connectivity index (χ3n) is 2.00. The van der Waals surface area contributed by atoms with E-state index < -0.39 is 11.9 Å². The molecule has 13 heavy (non-hydrogen) atoms. The van der Waals surface area contributed by atoms with Gasteiger partial charge >= 0.3 is 11.9 Å². The normalized spacial score (nSPS) is 27.4. The van der Waals surface area contributed by atoms with E-state index in [0.29, 0.717) is 12.8 Å². The third kappa shape index (κ3) is 3.42. The first-order valence-corrected chi connectivity index (χ1v) is 4.17. The zero-order valence-corrected chi connectivity index (χ0v) is 7.10. The van der Waals surface area contributed by atoms with Gasteiger partial charge in [0, 0.05) is 0 Å². The maximum atomic E-state index is 10.3. The summed E-state index contributed by atoms with van der Waals surface area (Å²) in [6.45, 7) is 0. The van der Waals surface area contributed by atoms with E-state index >= 15 is 0 Å². The molecule has 5 nitrogen and oxygen atoms in total. The number of ether oxygens (including phenoxy) is 1. The van der Waals surface area contributed by atoms with Crippen molar-refractivity contribution in [3.05, 3.63) is 0 Å². The molecule has 0 aliphatic carbocycles. The summed E-state index contributed by atoms with van der Waals surface area (Å²) in [6, 6.07) is 0. The van der Waals surface area contributed by atoms with Gasteiger partial charge in [0.2, 0.25) is 0 Å². The van der Waals surface area contributed by atoms with Gasteiger partial charge in [0.15, 0.2) is 0 Å². The van der Waals surface area contributed by atoms with Crippen LogP contribution in [0.5, 0.6) is 0 Å². The van der Waals surface area contributed by atoms with Crippen LogP contribution < -0.4 is 0 Å². The number of aliphatic carboxylic acids is 2. The minimum absolute atomic E-state index is 0.0316. The highest BCUT2D eigenvalue weighted by atomic mass is 16.5. The Morgan fingerprint density at radius 1 is 1.08 bits per heavy atom. The second-order valence-corrected chi connectivity index (χ2v) is 3.15. The molecular weight excluding hydrogens is 176 g/mol. The standard InChI is InChI=1S/C8H12O5/c9-7(10)3-5-1-2-6(13-5)4-8(11)12/h5-6H,1-4H2,(H,9,10)(H,11,12)/t5-,6-/m1/s1. The van der Waals surface area contributed by atoms with Crippen molar-refractivity contribution in [2.75, 3.05) is 0 Å². The summed E-state index contributed by atoms with van der Waals surface area (Å²) in [6.07, 6.45) is 0.615. The summed E-state index contributed by atoms with van der Waals surface area (Å²) in [5, 5.41) is 16.9. The molecule has 74 valence electrons. The Hall–Kier alpha value is -1.10. The number of carboxylic acids is 2. The summed E-state index contributed by atoms with van der Waals surface area (Å²) in [5.74, 6) is -1.80. The zero-order chi connectivity index (χ0) is 9.84. The Bertz CT molecular complexity index is 191. The fraction of sp³-hybridized carbons (Fsp3) is 0.750. The van der Waals surface area contributed by atoms with Crippen molar-refractivity contribution in [3.8, 4) is 0 Å². The molecule has 1 saturated heterocycles. The largest absolute Gasteiger partial charge is 0.481 e. The van der Waals surface area contributed by atoms with Gasteiger partial charge in [-0.3, -0.25) is 9.59 Å². The van der Waals surface area contributed by atoms with Gasteiger partial charge in [0.1, 0.15) is 0 Å². The average molecular weight is 188 g/mol. The molecule has 0 aromatic heterocycles. The van der Waals surface area contributed by atoms with Gasteiger partial charge in [-0.1, -0.05) is 0 Å². The van der Waals surface area contributed by atoms with E-state index in [2.05, 4.69) is 0 Å². The van der Waals surface area contributed by atoms with Crippen molar-refractivity contribution in [2.24, 2.45) is 0 Å². The zero-order valence-electron chi connectivity index (χ0n) is 7.10. The van der Waals surface area contributed by atoms with E-state index in [1.807, 2.05) is 0 Å². The number of carbonyl (C=O) groups is 2. The van der Waals surface area contributed by atoms with E-state index in [1.165, 1.54) is 0 Å². The minimum Gasteiger partial charge on any atom is -0.481 e. The molecule has 1 heterocycles. The molecule has 1 aliphatic heterocycles. The molecule has 0 aromatic carbocycles. The maximum absolute atomic E-state index is 10.3. The summed E-state index contributed by atoms with van der Waals surface area (Å²) in [5.41, 5.74) is 0. The third-order valence-corrected chi connectivity index (χ3v) is 2.00. The second kappa shape index (κ2) is 4.23. The summed E-state index contributed by atoms with van der Waals surface area (Å²) in [7, 11) is 0. The van der Waals surface area contributed by atoms with Gasteiger partial charge in [-0.2, -0.15) is 0 Å². The minimum atomic E-state index is -0.902. The highest BCUT2D eigenvalue weighted by molar-refractivity contribution is 5.68. The van der Waals surface area contributed by atoms with Crippen LogP contribution in [0.15, 0.2) is 0 Å². The van der Waals surface area contributed by atoms with Gasteiger partial charge in [-0.25, -0.2) is 0 Å². The Kier molecular flexibility index (Phi) is 3.25. The predicted octanol–water partition coefficient (Wildman–Crippen LogP) is 0.483. The first-order valence-electron chi connectivity index (χ1n) is 4.17. The molecule has 0 unspecified atom stereocenters. The lowest BCUT2D eigenvalue weighted by atomic mass is 10.1. The van der Waals surface area contributed by atoms with Gasteiger partial charge < -0.3 is 14.9 Å². The molecule has 1 fully saturated rings. The van der Waals surface area contributed by atoms with Crippen molar-refractivity contribution in [1.82, 2.24) is 0 Å². The molecule has 0 amide bonds. The van der Waals surface area contributed by atoms with Crippen LogP contribution in [-0.2, 0) is 14.3 Å². The SMILES string of the molecule is O=C(O)C[C@H]1CC[C@H](CC(=O)O)O1. The van der Waals surface area contributed by atoms with Crippen LogP contribution in [-0.4, -0.2) is 34.4 Å². The molecule has 0 spiro atoms. The van der Waals surface area contributed by atoms with Crippen LogP contribution in [0.2, 0.25) is 0 Å². The van der Waals surface area contributed by atoms with Gasteiger partial charge in [0.05, 0.1) is 25.0 Å². The van der Waals surface area contributed by atoms with Crippen LogP contribution in [0.4, 0.5) is 0 Å². The van der Waals surface area contributed by atoms with Crippen LogP contribution in [0, 0.1) is 0 Å². The number of hydrogen-bond donors (Lipinski definition) is 2. The lowest BCUT2D eigenvalue weighted by molar-refractivity contribution is -0.141. The topological polar surface area (TPSA) is 83.8 Å². The second-order valence-electron chi connectivity index (χ2n) is 3.15. The van der Waals surface area contributed by atoms with Crippen LogP contribution in [0.25, 0.3) is 0 Å². The molecule has 1 aliphatic rings. The van der Waals surface area contributed by atoms with Crippen molar-refractivity contribution in [1.29, 1.82) is 0 Å². The molecule has 2 N–H and O–H groups in total. The fourth-order valence-corrected chi connectivity index (χ4v) is 1.47. The molecule has 0 aromatic rings. The van der Waals surface area contributed by atoms with E-state index in [1.54, 1.807) is 0 Å². The molecule has 2 atom stereocenters. The lowest BCUT2D eigenvalue weighted by Gasteiger charge is -2.09. The number of carboxylic acid groups (broad SMARTS) is 2. The maximum Gasteiger partial charge on any atom is 0.305 e. The highest BCUT2D eigenvalue weighted by Gasteiger charge is 2.28. The monoisotopic (exact) mass is 188 g/mol. The van der Waals surface area contributed by atoms with E-state index in [-0.39, 0.29) is 25.0 Å². The van der Waals surface area contributed by atoms with Crippen LogP contribution >= 0.6 is 0 Å². The van der Waals surface area contributed by atoms with E-state index in [4.69, 9.17) is 14.9 Å². The average Bonchev–Trinajstić information content (AvgIpc) is 2.33. The van der Waals surface area contributed by atoms with Crippen molar-refractivity contribution in [2.45, 2.75) is 37.9 Å². The molecule has 0 radical (unpaired) electrons. The summed E-state index contributed by atoms with van der Waals surface area (Å²) < 4.78 is 5.22. The number of rotatable bonds is 4. The Balaban J connectivity index is 2.27. The summed E-state index contributed by atoms with van der Waals surface area (Å²) in [4.78, 5) is 20.6. The number of hydrogen-bond acceptors (Lipinski definition) is 3. The quantitative estimate of drug-likeness (QED) is 0.670. The Morgan fingerprint density at radius 2 is 1.46 bits per heavy atom. The van der Waals surface area contributed by atoms with Crippen LogP contribution in [0.1, 0.15) is 25.7 Å². The lowest BCUT2D eigenvalue weighted by Crippen LogP contribution is -2.17. The van der Waals surface area contributed by atoms with Gasteiger partial charge in [-0.15, -0.1) is 0 Å². The van der Waals surface area contributed by atoms with Crippen LogP contribution in [0.3, 0.4) is 0 Å². The molecule has 5 heteroatoms.